The van der Waals surface area contributed by atoms with Crippen LogP contribution in [0.25, 0.3) is 11.3 Å². The minimum absolute atomic E-state index is 0.0467. The van der Waals surface area contributed by atoms with Crippen LogP contribution in [0.15, 0.2) is 30.3 Å². The summed E-state index contributed by atoms with van der Waals surface area (Å²) >= 11 is 0. The molecule has 1 saturated heterocycles. The second-order valence-corrected chi connectivity index (χ2v) is 7.44. The Morgan fingerprint density at radius 2 is 1.92 bits per heavy atom. The Hall–Kier alpha value is -2.34. The first-order valence-electron chi connectivity index (χ1n) is 9.23. The van der Waals surface area contributed by atoms with Crippen LogP contribution in [-0.4, -0.2) is 53.3 Å². The number of aromatic amines is 1. The van der Waals surface area contributed by atoms with Gasteiger partial charge in [0.1, 0.15) is 11.4 Å². The van der Waals surface area contributed by atoms with E-state index in [-0.39, 0.29) is 11.4 Å². The lowest BCUT2D eigenvalue weighted by Gasteiger charge is -2.41. The van der Waals surface area contributed by atoms with Gasteiger partial charge in [0.25, 0.3) is 5.91 Å². The van der Waals surface area contributed by atoms with Gasteiger partial charge in [0, 0.05) is 17.6 Å². The largest absolute Gasteiger partial charge is 0.497 e. The fourth-order valence-electron chi connectivity index (χ4n) is 3.35. The number of benzene rings is 1. The molecule has 0 bridgehead atoms. The summed E-state index contributed by atoms with van der Waals surface area (Å²) in [6, 6.07) is 9.40. The highest BCUT2D eigenvalue weighted by molar-refractivity contribution is 5.93. The third kappa shape index (κ3) is 4.25. The van der Waals surface area contributed by atoms with Gasteiger partial charge in [0.15, 0.2) is 0 Å². The minimum Gasteiger partial charge on any atom is -0.497 e. The van der Waals surface area contributed by atoms with Crippen molar-refractivity contribution in [2.75, 3.05) is 26.7 Å². The normalized spacial score (nSPS) is 15.7. The molecule has 0 saturated carbocycles. The van der Waals surface area contributed by atoms with Crippen molar-refractivity contribution in [1.29, 1.82) is 0 Å². The van der Waals surface area contributed by atoms with E-state index in [1.807, 2.05) is 24.3 Å². The van der Waals surface area contributed by atoms with Gasteiger partial charge < -0.3 is 10.1 Å². The van der Waals surface area contributed by atoms with Gasteiger partial charge in [-0.2, -0.15) is 5.10 Å². The number of H-pyrrole nitrogens is 1. The molecule has 6 heteroatoms. The minimum atomic E-state index is -0.123. The number of likely N-dealkylation sites (tertiary alicyclic amines) is 1. The van der Waals surface area contributed by atoms with Crippen molar-refractivity contribution < 1.29 is 9.53 Å². The second kappa shape index (κ2) is 7.91. The van der Waals surface area contributed by atoms with Gasteiger partial charge in [0.2, 0.25) is 0 Å². The van der Waals surface area contributed by atoms with E-state index in [1.165, 1.54) is 19.3 Å². The van der Waals surface area contributed by atoms with Crippen molar-refractivity contribution in [2.24, 2.45) is 0 Å². The maximum Gasteiger partial charge on any atom is 0.269 e. The predicted molar refractivity (Wildman–Crippen MR) is 102 cm³/mol. The van der Waals surface area contributed by atoms with Crippen molar-refractivity contribution >= 4 is 5.91 Å². The zero-order chi connectivity index (χ0) is 18.6. The Morgan fingerprint density at radius 1 is 1.23 bits per heavy atom. The van der Waals surface area contributed by atoms with Crippen LogP contribution >= 0.6 is 0 Å². The first-order chi connectivity index (χ1) is 12.5. The molecule has 1 aromatic carbocycles. The predicted octanol–water partition coefficient (Wildman–Crippen LogP) is 3.08. The first-order valence-corrected chi connectivity index (χ1v) is 9.23. The summed E-state index contributed by atoms with van der Waals surface area (Å²) in [7, 11) is 1.64. The highest BCUT2D eigenvalue weighted by atomic mass is 16.5. The second-order valence-electron chi connectivity index (χ2n) is 7.44. The molecule has 3 rings (SSSR count). The number of rotatable bonds is 6. The molecule has 2 N–H and O–H groups in total. The molecule has 0 aliphatic carbocycles. The van der Waals surface area contributed by atoms with Crippen LogP contribution in [0.2, 0.25) is 0 Å². The van der Waals surface area contributed by atoms with Gasteiger partial charge in [0.05, 0.1) is 12.8 Å². The van der Waals surface area contributed by atoms with E-state index in [9.17, 15) is 4.79 Å². The molecule has 1 aromatic heterocycles. The maximum atomic E-state index is 12.5. The number of piperidine rings is 1. The molecule has 0 unspecified atom stereocenters. The van der Waals surface area contributed by atoms with Gasteiger partial charge in [-0.25, -0.2) is 0 Å². The summed E-state index contributed by atoms with van der Waals surface area (Å²) in [4.78, 5) is 15.0. The molecular weight excluding hydrogens is 328 g/mol. The van der Waals surface area contributed by atoms with Crippen LogP contribution in [-0.2, 0) is 0 Å². The molecule has 2 heterocycles. The van der Waals surface area contributed by atoms with E-state index in [0.717, 1.165) is 30.1 Å². The summed E-state index contributed by atoms with van der Waals surface area (Å²) in [5.74, 6) is 0.671. The smallest absolute Gasteiger partial charge is 0.269 e. The average molecular weight is 356 g/mol. The monoisotopic (exact) mass is 356 g/mol. The van der Waals surface area contributed by atoms with E-state index < -0.39 is 0 Å². The fourth-order valence-corrected chi connectivity index (χ4v) is 3.35. The highest BCUT2D eigenvalue weighted by Gasteiger charge is 2.28. The Labute approximate surface area is 154 Å². The van der Waals surface area contributed by atoms with Crippen molar-refractivity contribution in [3.8, 4) is 17.0 Å². The number of carbonyl (C=O) groups excluding carboxylic acids is 1. The van der Waals surface area contributed by atoms with Gasteiger partial charge in [-0.05, 0) is 70.1 Å². The number of amides is 1. The summed E-state index contributed by atoms with van der Waals surface area (Å²) in [5.41, 5.74) is 2.11. The molecular formula is C20H28N4O2. The van der Waals surface area contributed by atoms with Gasteiger partial charge in [-0.15, -0.1) is 0 Å². The molecule has 1 aliphatic rings. The molecule has 2 aromatic rings. The topological polar surface area (TPSA) is 70.2 Å². The lowest BCUT2D eigenvalue weighted by Crippen LogP contribution is -2.53. The Morgan fingerprint density at radius 3 is 2.58 bits per heavy atom. The van der Waals surface area contributed by atoms with E-state index >= 15 is 0 Å². The van der Waals surface area contributed by atoms with E-state index in [2.05, 4.69) is 34.3 Å². The maximum absolute atomic E-state index is 12.5. The van der Waals surface area contributed by atoms with Gasteiger partial charge >= 0.3 is 0 Å². The number of methoxy groups -OCH3 is 1. The molecule has 140 valence electrons. The molecule has 26 heavy (non-hydrogen) atoms. The zero-order valence-electron chi connectivity index (χ0n) is 15.8. The summed E-state index contributed by atoms with van der Waals surface area (Å²) < 4.78 is 5.17. The SMILES string of the molecule is COc1ccc(-c2cc(C(=O)NCC(C)(C)N3CCCCC3)[nH]n2)cc1. The van der Waals surface area contributed by atoms with E-state index in [4.69, 9.17) is 4.74 Å². The van der Waals surface area contributed by atoms with Crippen molar-refractivity contribution in [3.05, 3.63) is 36.0 Å². The number of hydrogen-bond acceptors (Lipinski definition) is 4. The Balaban J connectivity index is 1.60. The Bertz CT molecular complexity index is 731. The van der Waals surface area contributed by atoms with Crippen molar-refractivity contribution in [2.45, 2.75) is 38.6 Å². The molecule has 0 radical (unpaired) electrons. The van der Waals surface area contributed by atoms with Crippen LogP contribution in [0.1, 0.15) is 43.6 Å². The van der Waals surface area contributed by atoms with Crippen LogP contribution in [0, 0.1) is 0 Å². The fraction of sp³-hybridized carbons (Fsp3) is 0.500. The van der Waals surface area contributed by atoms with Crippen molar-refractivity contribution in [3.63, 3.8) is 0 Å². The molecule has 1 aliphatic heterocycles. The van der Waals surface area contributed by atoms with Gasteiger partial charge in [-0.3, -0.25) is 14.8 Å². The quantitative estimate of drug-likeness (QED) is 0.834. The molecule has 0 spiro atoms. The number of aromatic nitrogens is 2. The third-order valence-corrected chi connectivity index (χ3v) is 5.10. The number of nitrogens with one attached hydrogen (secondary N) is 2. The van der Waals surface area contributed by atoms with Crippen LogP contribution in [0.5, 0.6) is 5.75 Å². The summed E-state index contributed by atoms with van der Waals surface area (Å²) in [6.45, 7) is 7.20. The molecule has 6 nitrogen and oxygen atoms in total. The molecule has 1 fully saturated rings. The van der Waals surface area contributed by atoms with Crippen molar-refractivity contribution in [1.82, 2.24) is 20.4 Å². The first kappa shape index (κ1) is 18.5. The third-order valence-electron chi connectivity index (χ3n) is 5.10. The highest BCUT2D eigenvalue weighted by Crippen LogP contribution is 2.22. The molecule has 0 atom stereocenters. The van der Waals surface area contributed by atoms with Crippen LogP contribution < -0.4 is 10.1 Å². The van der Waals surface area contributed by atoms with E-state index in [1.54, 1.807) is 13.2 Å². The Kier molecular flexibility index (Phi) is 5.61. The number of nitrogens with zero attached hydrogens (tertiary/aromatic N) is 2. The standard InChI is InChI=1S/C20H28N4O2/c1-20(2,24-11-5-4-6-12-24)14-21-19(25)18-13-17(22-23-18)15-7-9-16(26-3)10-8-15/h7-10,13H,4-6,11-12,14H2,1-3H3,(H,21,25)(H,22,23). The lowest BCUT2D eigenvalue weighted by molar-refractivity contribution is 0.0794. The van der Waals surface area contributed by atoms with Crippen LogP contribution in [0.4, 0.5) is 0 Å². The van der Waals surface area contributed by atoms with Gasteiger partial charge in [-0.1, -0.05) is 6.42 Å². The number of ether oxygens (including phenoxy) is 1. The van der Waals surface area contributed by atoms with E-state index in [0.29, 0.717) is 12.2 Å². The number of hydrogen-bond donors (Lipinski definition) is 2. The average Bonchev–Trinajstić information content (AvgIpc) is 3.17. The molecule has 1 amide bonds. The lowest BCUT2D eigenvalue weighted by atomic mass is 9.98. The number of carbonyl (C=O) groups is 1. The summed E-state index contributed by atoms with van der Waals surface area (Å²) in [5, 5.41) is 10.1. The summed E-state index contributed by atoms with van der Waals surface area (Å²) in [6.07, 6.45) is 3.79. The zero-order valence-corrected chi connectivity index (χ0v) is 15.8. The van der Waals surface area contributed by atoms with Crippen LogP contribution in [0.3, 0.4) is 0 Å².